The Morgan fingerprint density at radius 3 is 2.07 bits per heavy atom. The van der Waals surface area contributed by atoms with Gasteiger partial charge in [-0.1, -0.05) is 90.8 Å². The van der Waals surface area contributed by atoms with Crippen molar-refractivity contribution in [2.75, 3.05) is 17.4 Å². The van der Waals surface area contributed by atoms with Gasteiger partial charge in [0, 0.05) is 29.6 Å². The number of rotatable bonds is 13. The maximum Gasteiger partial charge on any atom is 0.264 e. The van der Waals surface area contributed by atoms with Crippen molar-refractivity contribution >= 4 is 50.7 Å². The van der Waals surface area contributed by atoms with Crippen LogP contribution >= 0.6 is 23.2 Å². The predicted molar refractivity (Wildman–Crippen MR) is 181 cm³/mol. The van der Waals surface area contributed by atoms with Crippen molar-refractivity contribution in [2.45, 2.75) is 51.1 Å². The Bertz CT molecular complexity index is 1710. The molecule has 0 spiro atoms. The van der Waals surface area contributed by atoms with E-state index in [9.17, 15) is 18.0 Å². The highest BCUT2D eigenvalue weighted by Gasteiger charge is 2.35. The van der Waals surface area contributed by atoms with Crippen molar-refractivity contribution in [3.63, 3.8) is 0 Å². The molecule has 1 atom stereocenters. The number of hydrogen-bond acceptors (Lipinski definition) is 4. The smallest absolute Gasteiger partial charge is 0.264 e. The highest BCUT2D eigenvalue weighted by Crippen LogP contribution is 2.28. The molecule has 0 saturated heterocycles. The van der Waals surface area contributed by atoms with Gasteiger partial charge >= 0.3 is 0 Å². The average Bonchev–Trinajstić information content (AvgIpc) is 3.01. The van der Waals surface area contributed by atoms with Gasteiger partial charge in [-0.2, -0.15) is 0 Å². The highest BCUT2D eigenvalue weighted by atomic mass is 35.5. The van der Waals surface area contributed by atoms with Gasteiger partial charge in [0.2, 0.25) is 11.8 Å². The fraction of sp³-hybridized carbons (Fsp3) is 0.257. The molecule has 2 amide bonds. The first-order chi connectivity index (χ1) is 21.5. The van der Waals surface area contributed by atoms with E-state index in [1.54, 1.807) is 48.5 Å². The fourth-order valence-electron chi connectivity index (χ4n) is 5.10. The highest BCUT2D eigenvalue weighted by molar-refractivity contribution is 7.92. The van der Waals surface area contributed by atoms with Crippen LogP contribution in [0.4, 0.5) is 5.69 Å². The van der Waals surface area contributed by atoms with Crippen LogP contribution in [0.25, 0.3) is 0 Å². The minimum Gasteiger partial charge on any atom is -0.354 e. The SMILES string of the molecule is CCCNC(=O)[C@H](Cc1ccccc1)N(Cc1ccc(Cl)cc1Cl)C(=O)CN(c1cc(C)cc(C)c1)S(=O)(=O)c1ccccc1. The predicted octanol–water partition coefficient (Wildman–Crippen LogP) is 6.97. The zero-order chi connectivity index (χ0) is 32.6. The van der Waals surface area contributed by atoms with E-state index in [1.165, 1.54) is 17.0 Å². The summed E-state index contributed by atoms with van der Waals surface area (Å²) in [5.74, 6) is -0.907. The van der Waals surface area contributed by atoms with Gasteiger partial charge in [0.1, 0.15) is 12.6 Å². The van der Waals surface area contributed by atoms with E-state index in [-0.39, 0.29) is 23.8 Å². The molecule has 4 rings (SSSR count). The van der Waals surface area contributed by atoms with Crippen LogP contribution in [-0.2, 0) is 32.6 Å². The zero-order valence-electron chi connectivity index (χ0n) is 25.5. The lowest BCUT2D eigenvalue weighted by Crippen LogP contribution is -2.53. The van der Waals surface area contributed by atoms with E-state index in [4.69, 9.17) is 23.2 Å². The number of nitrogens with one attached hydrogen (secondary N) is 1. The third kappa shape index (κ3) is 8.87. The van der Waals surface area contributed by atoms with Crippen LogP contribution in [0.1, 0.15) is 35.6 Å². The number of amides is 2. The minimum atomic E-state index is -4.18. The largest absolute Gasteiger partial charge is 0.354 e. The van der Waals surface area contributed by atoms with Gasteiger partial charge in [0.05, 0.1) is 10.6 Å². The molecule has 0 bridgehead atoms. The lowest BCUT2D eigenvalue weighted by molar-refractivity contribution is -0.140. The van der Waals surface area contributed by atoms with E-state index in [0.29, 0.717) is 34.3 Å². The first-order valence-corrected chi connectivity index (χ1v) is 16.9. The summed E-state index contributed by atoms with van der Waals surface area (Å²) in [7, 11) is -4.18. The first-order valence-electron chi connectivity index (χ1n) is 14.7. The molecule has 0 aliphatic rings. The lowest BCUT2D eigenvalue weighted by atomic mass is 10.0. The molecule has 4 aromatic rings. The number of benzene rings is 4. The third-order valence-electron chi connectivity index (χ3n) is 7.28. The van der Waals surface area contributed by atoms with Gasteiger partial charge in [-0.25, -0.2) is 8.42 Å². The number of sulfonamides is 1. The summed E-state index contributed by atoms with van der Waals surface area (Å²) in [6.07, 6.45) is 0.916. The summed E-state index contributed by atoms with van der Waals surface area (Å²) in [4.78, 5) is 29.8. The molecular weight excluding hydrogens is 629 g/mol. The van der Waals surface area contributed by atoms with Gasteiger partial charge in [-0.15, -0.1) is 0 Å². The molecule has 236 valence electrons. The lowest BCUT2D eigenvalue weighted by Gasteiger charge is -2.34. The van der Waals surface area contributed by atoms with Gasteiger partial charge in [-0.3, -0.25) is 13.9 Å². The molecule has 0 unspecified atom stereocenters. The van der Waals surface area contributed by atoms with Crippen LogP contribution in [-0.4, -0.2) is 44.3 Å². The number of aryl methyl sites for hydroxylation is 2. The topological polar surface area (TPSA) is 86.8 Å². The van der Waals surface area contributed by atoms with Crippen molar-refractivity contribution in [2.24, 2.45) is 0 Å². The number of halogens is 2. The molecule has 7 nitrogen and oxygen atoms in total. The molecule has 4 aromatic carbocycles. The molecule has 0 aromatic heterocycles. The van der Waals surface area contributed by atoms with Gasteiger partial charge < -0.3 is 10.2 Å². The second-order valence-electron chi connectivity index (χ2n) is 10.9. The number of hydrogen-bond donors (Lipinski definition) is 1. The quantitative estimate of drug-likeness (QED) is 0.167. The Labute approximate surface area is 275 Å². The Morgan fingerprint density at radius 2 is 1.47 bits per heavy atom. The van der Waals surface area contributed by atoms with E-state index in [0.717, 1.165) is 21.0 Å². The van der Waals surface area contributed by atoms with Crippen molar-refractivity contribution in [3.05, 3.63) is 129 Å². The Kier molecular flexibility index (Phi) is 11.7. The third-order valence-corrected chi connectivity index (χ3v) is 9.66. The molecule has 1 N–H and O–H groups in total. The first kappa shape index (κ1) is 34.0. The maximum atomic E-state index is 14.5. The van der Waals surface area contributed by atoms with Crippen LogP contribution in [0, 0.1) is 13.8 Å². The van der Waals surface area contributed by atoms with Crippen LogP contribution in [0.2, 0.25) is 10.0 Å². The summed E-state index contributed by atoms with van der Waals surface area (Å²) >= 11 is 12.7. The summed E-state index contributed by atoms with van der Waals surface area (Å²) in [6.45, 7) is 5.52. The van der Waals surface area contributed by atoms with Gasteiger partial charge in [0.15, 0.2) is 0 Å². The second kappa shape index (κ2) is 15.4. The van der Waals surface area contributed by atoms with Crippen molar-refractivity contribution in [3.8, 4) is 0 Å². The van der Waals surface area contributed by atoms with E-state index in [2.05, 4.69) is 5.32 Å². The molecule has 45 heavy (non-hydrogen) atoms. The minimum absolute atomic E-state index is 0.0437. The fourth-order valence-corrected chi connectivity index (χ4v) is 6.98. The van der Waals surface area contributed by atoms with E-state index >= 15 is 0 Å². The Hall–Kier alpha value is -3.85. The van der Waals surface area contributed by atoms with Gasteiger partial charge in [-0.05, 0) is 78.9 Å². The van der Waals surface area contributed by atoms with Crippen molar-refractivity contribution in [1.82, 2.24) is 10.2 Å². The molecule has 0 radical (unpaired) electrons. The molecule has 0 heterocycles. The molecule has 10 heteroatoms. The van der Waals surface area contributed by atoms with E-state index in [1.807, 2.05) is 57.2 Å². The Morgan fingerprint density at radius 1 is 0.844 bits per heavy atom. The van der Waals surface area contributed by atoms with Crippen LogP contribution < -0.4 is 9.62 Å². The summed E-state index contributed by atoms with van der Waals surface area (Å²) < 4.78 is 29.4. The average molecular weight is 667 g/mol. The second-order valence-corrected chi connectivity index (χ2v) is 13.6. The van der Waals surface area contributed by atoms with Crippen LogP contribution in [0.3, 0.4) is 0 Å². The molecule has 0 saturated carbocycles. The van der Waals surface area contributed by atoms with E-state index < -0.39 is 28.5 Å². The number of carbonyl (C=O) groups is 2. The number of anilines is 1. The van der Waals surface area contributed by atoms with Crippen LogP contribution in [0.5, 0.6) is 0 Å². The van der Waals surface area contributed by atoms with Crippen molar-refractivity contribution in [1.29, 1.82) is 0 Å². The summed E-state index contributed by atoms with van der Waals surface area (Å²) in [6, 6.07) is 26.8. The van der Waals surface area contributed by atoms with Crippen LogP contribution in [0.15, 0.2) is 102 Å². The zero-order valence-corrected chi connectivity index (χ0v) is 27.9. The molecule has 0 fully saturated rings. The maximum absolute atomic E-state index is 14.5. The molecule has 0 aliphatic heterocycles. The normalized spacial score (nSPS) is 11.9. The number of nitrogens with zero attached hydrogens (tertiary/aromatic N) is 2. The monoisotopic (exact) mass is 665 g/mol. The van der Waals surface area contributed by atoms with Gasteiger partial charge in [0.25, 0.3) is 10.0 Å². The summed E-state index contributed by atoms with van der Waals surface area (Å²) in [5, 5.41) is 3.69. The Balaban J connectivity index is 1.83. The van der Waals surface area contributed by atoms with Crippen molar-refractivity contribution < 1.29 is 18.0 Å². The standard InChI is InChI=1S/C35H37Cl2N3O4S/c1-4-17-38-35(42)33(21-27-11-7-5-8-12-27)39(23-28-15-16-29(36)22-32(28)37)34(41)24-40(30-19-25(2)18-26(3)20-30)45(43,44)31-13-9-6-10-14-31/h5-16,18-20,22,33H,4,17,21,23-24H2,1-3H3,(H,38,42)/t33-/m0/s1. The summed E-state index contributed by atoms with van der Waals surface area (Å²) in [5.41, 5.74) is 3.45. The molecule has 0 aliphatic carbocycles. The number of carbonyl (C=O) groups excluding carboxylic acids is 2. The molecular formula is C35H37Cl2N3O4S.